The van der Waals surface area contributed by atoms with Gasteiger partial charge in [-0.25, -0.2) is 0 Å². The Labute approximate surface area is 111 Å². The largest absolute Gasteiger partial charge is 0.481 e. The molecule has 0 bridgehead atoms. The lowest BCUT2D eigenvalue weighted by Crippen LogP contribution is -2.19. The number of carbonyl (C=O) groups excluding carboxylic acids is 1. The molecule has 98 valence electrons. The highest BCUT2D eigenvalue weighted by Crippen LogP contribution is 2.13. The molecule has 0 aliphatic rings. The average molecular weight is 271 g/mol. The fourth-order valence-corrected chi connectivity index (χ4v) is 1.67. The summed E-state index contributed by atoms with van der Waals surface area (Å²) in [5, 5.41) is 8.52. The molecule has 0 heterocycles. The van der Waals surface area contributed by atoms with Crippen LogP contribution in [0.15, 0.2) is 30.3 Å². The Morgan fingerprint density at radius 3 is 2.50 bits per heavy atom. The van der Waals surface area contributed by atoms with E-state index in [1.54, 1.807) is 0 Å². The van der Waals surface area contributed by atoms with Crippen molar-refractivity contribution in [3.05, 3.63) is 35.9 Å². The second kappa shape index (κ2) is 7.84. The molecule has 0 saturated heterocycles. The summed E-state index contributed by atoms with van der Waals surface area (Å²) in [4.78, 5) is 21.5. The Kier molecular flexibility index (Phi) is 6.39. The standard InChI is InChI=1S/C13H15ClO4/c14-12(15)9-18-7-6-11(13(16)17)8-10-4-2-1-3-5-10/h1-5,11H,6-9H2,(H,16,17). The van der Waals surface area contributed by atoms with E-state index in [1.807, 2.05) is 30.3 Å². The summed E-state index contributed by atoms with van der Waals surface area (Å²) in [5.41, 5.74) is 0.971. The first-order valence-electron chi connectivity index (χ1n) is 5.62. The normalized spacial score (nSPS) is 12.1. The third-order valence-corrected chi connectivity index (χ3v) is 2.61. The van der Waals surface area contributed by atoms with Gasteiger partial charge in [-0.1, -0.05) is 30.3 Å². The van der Waals surface area contributed by atoms with Crippen molar-refractivity contribution in [3.8, 4) is 0 Å². The van der Waals surface area contributed by atoms with E-state index in [2.05, 4.69) is 0 Å². The number of aliphatic carboxylic acids is 1. The van der Waals surface area contributed by atoms with E-state index >= 15 is 0 Å². The summed E-state index contributed by atoms with van der Waals surface area (Å²) in [6.45, 7) is 0.0293. The summed E-state index contributed by atoms with van der Waals surface area (Å²) in [5.74, 6) is -1.38. The summed E-state index contributed by atoms with van der Waals surface area (Å²) in [6, 6.07) is 9.40. The van der Waals surface area contributed by atoms with E-state index in [4.69, 9.17) is 21.4 Å². The summed E-state index contributed by atoms with van der Waals surface area (Å²) in [6.07, 6.45) is 0.808. The van der Waals surface area contributed by atoms with Crippen molar-refractivity contribution < 1.29 is 19.4 Å². The lowest BCUT2D eigenvalue weighted by molar-refractivity contribution is -0.142. The second-order valence-corrected chi connectivity index (χ2v) is 4.34. The number of benzene rings is 1. The van der Waals surface area contributed by atoms with E-state index in [1.165, 1.54) is 0 Å². The summed E-state index contributed by atoms with van der Waals surface area (Å²) < 4.78 is 4.97. The molecule has 0 fully saturated rings. The monoisotopic (exact) mass is 270 g/mol. The van der Waals surface area contributed by atoms with Gasteiger partial charge < -0.3 is 9.84 Å². The third kappa shape index (κ3) is 5.80. The van der Waals surface area contributed by atoms with Crippen molar-refractivity contribution >= 4 is 22.8 Å². The van der Waals surface area contributed by atoms with Gasteiger partial charge in [-0.3, -0.25) is 9.59 Å². The summed E-state index contributed by atoms with van der Waals surface area (Å²) in [7, 11) is 0. The summed E-state index contributed by atoms with van der Waals surface area (Å²) >= 11 is 5.11. The molecule has 0 radical (unpaired) electrons. The minimum atomic E-state index is -0.861. The molecule has 4 nitrogen and oxygen atoms in total. The lowest BCUT2D eigenvalue weighted by atomic mass is 9.97. The highest BCUT2D eigenvalue weighted by molar-refractivity contribution is 6.63. The van der Waals surface area contributed by atoms with Crippen LogP contribution in [-0.4, -0.2) is 29.5 Å². The van der Waals surface area contributed by atoms with Crippen molar-refractivity contribution in [1.29, 1.82) is 0 Å². The molecule has 5 heteroatoms. The van der Waals surface area contributed by atoms with Crippen LogP contribution in [-0.2, 0) is 20.7 Å². The molecule has 1 atom stereocenters. The molecule has 0 saturated carbocycles. The van der Waals surface area contributed by atoms with Gasteiger partial charge in [0.15, 0.2) is 0 Å². The Balaban J connectivity index is 2.41. The van der Waals surface area contributed by atoms with E-state index in [9.17, 15) is 9.59 Å². The van der Waals surface area contributed by atoms with Gasteiger partial charge in [0.05, 0.1) is 5.92 Å². The van der Waals surface area contributed by atoms with Gasteiger partial charge >= 0.3 is 5.97 Å². The SMILES string of the molecule is O=C(Cl)COCCC(Cc1ccccc1)C(=O)O. The van der Waals surface area contributed by atoms with Gasteiger partial charge in [-0.2, -0.15) is 0 Å². The first kappa shape index (κ1) is 14.7. The maximum atomic E-state index is 11.1. The van der Waals surface area contributed by atoms with Crippen molar-refractivity contribution in [3.63, 3.8) is 0 Å². The van der Waals surface area contributed by atoms with Crippen molar-refractivity contribution in [2.45, 2.75) is 12.8 Å². The van der Waals surface area contributed by atoms with Crippen molar-refractivity contribution in [1.82, 2.24) is 0 Å². The Bertz CT molecular complexity index is 391. The van der Waals surface area contributed by atoms with Gasteiger partial charge in [0, 0.05) is 6.61 Å². The highest BCUT2D eigenvalue weighted by atomic mass is 35.5. The predicted molar refractivity (Wildman–Crippen MR) is 67.6 cm³/mol. The first-order chi connectivity index (χ1) is 8.59. The van der Waals surface area contributed by atoms with Gasteiger partial charge in [-0.15, -0.1) is 0 Å². The molecule has 1 N–H and O–H groups in total. The number of carboxylic acid groups (broad SMARTS) is 1. The van der Waals surface area contributed by atoms with Crippen LogP contribution in [0.4, 0.5) is 0 Å². The smallest absolute Gasteiger partial charge is 0.306 e. The molecule has 0 aliphatic heterocycles. The molecule has 0 aliphatic carbocycles. The number of halogens is 1. The zero-order chi connectivity index (χ0) is 13.4. The van der Waals surface area contributed by atoms with Crippen LogP contribution in [0.1, 0.15) is 12.0 Å². The molecule has 0 spiro atoms. The van der Waals surface area contributed by atoms with E-state index in [0.717, 1.165) is 5.56 Å². The van der Waals surface area contributed by atoms with Crippen LogP contribution in [0.25, 0.3) is 0 Å². The van der Waals surface area contributed by atoms with Crippen LogP contribution in [0.3, 0.4) is 0 Å². The van der Waals surface area contributed by atoms with Gasteiger partial charge in [0.25, 0.3) is 0 Å². The fraction of sp³-hybridized carbons (Fsp3) is 0.385. The fourth-order valence-electron chi connectivity index (χ4n) is 1.59. The average Bonchev–Trinajstić information content (AvgIpc) is 2.33. The molecular weight excluding hydrogens is 256 g/mol. The lowest BCUT2D eigenvalue weighted by Gasteiger charge is -2.12. The number of hydrogen-bond donors (Lipinski definition) is 1. The maximum absolute atomic E-state index is 11.1. The van der Waals surface area contributed by atoms with E-state index in [0.29, 0.717) is 12.8 Å². The van der Waals surface area contributed by atoms with Crippen LogP contribution < -0.4 is 0 Å². The highest BCUT2D eigenvalue weighted by Gasteiger charge is 2.17. The van der Waals surface area contributed by atoms with Crippen molar-refractivity contribution in [2.24, 2.45) is 5.92 Å². The Morgan fingerprint density at radius 1 is 1.28 bits per heavy atom. The Hall–Kier alpha value is -1.39. The first-order valence-corrected chi connectivity index (χ1v) is 6.00. The number of hydrogen-bond acceptors (Lipinski definition) is 3. The van der Waals surface area contributed by atoms with Crippen molar-refractivity contribution in [2.75, 3.05) is 13.2 Å². The van der Waals surface area contributed by atoms with Crippen LogP contribution in [0, 0.1) is 5.92 Å². The van der Waals surface area contributed by atoms with Gasteiger partial charge in [0.2, 0.25) is 5.24 Å². The zero-order valence-electron chi connectivity index (χ0n) is 9.84. The molecule has 18 heavy (non-hydrogen) atoms. The minimum absolute atomic E-state index is 0.181. The van der Waals surface area contributed by atoms with E-state index in [-0.39, 0.29) is 13.2 Å². The van der Waals surface area contributed by atoms with Gasteiger partial charge in [0.1, 0.15) is 6.61 Å². The zero-order valence-corrected chi connectivity index (χ0v) is 10.6. The van der Waals surface area contributed by atoms with Crippen LogP contribution >= 0.6 is 11.6 Å². The molecule has 1 aromatic carbocycles. The van der Waals surface area contributed by atoms with Gasteiger partial charge in [-0.05, 0) is 30.0 Å². The molecule has 0 amide bonds. The number of ether oxygens (including phenoxy) is 1. The molecule has 1 aromatic rings. The maximum Gasteiger partial charge on any atom is 0.306 e. The van der Waals surface area contributed by atoms with Crippen LogP contribution in [0.5, 0.6) is 0 Å². The number of rotatable bonds is 8. The van der Waals surface area contributed by atoms with E-state index < -0.39 is 17.1 Å². The predicted octanol–water partition coefficient (Wildman–Crippen LogP) is 2.10. The topological polar surface area (TPSA) is 63.6 Å². The molecular formula is C13H15ClO4. The molecule has 1 unspecified atom stereocenters. The quantitative estimate of drug-likeness (QED) is 0.580. The second-order valence-electron chi connectivity index (χ2n) is 3.92. The third-order valence-electron chi connectivity index (χ3n) is 2.50. The molecule has 0 aromatic heterocycles. The van der Waals surface area contributed by atoms with Crippen LogP contribution in [0.2, 0.25) is 0 Å². The molecule has 1 rings (SSSR count). The number of carbonyl (C=O) groups is 2. The Morgan fingerprint density at radius 2 is 1.94 bits per heavy atom. The minimum Gasteiger partial charge on any atom is -0.481 e. The number of carboxylic acids is 1.